The number of carbonyl (C=O) groups excluding carboxylic acids is 2. The first kappa shape index (κ1) is 6.29. The molecule has 0 aromatic rings. The van der Waals surface area contributed by atoms with Crippen LogP contribution in [0.15, 0.2) is 10.7 Å². The average Bonchev–Trinajstić information content (AvgIpc) is 1.98. The predicted molar refractivity (Wildman–Crippen MR) is 31.7 cm³/mol. The van der Waals surface area contributed by atoms with Crippen LogP contribution < -0.4 is 5.73 Å². The molecule has 9 heavy (non-hydrogen) atoms. The Morgan fingerprint density at radius 2 is 1.89 bits per heavy atom. The summed E-state index contributed by atoms with van der Waals surface area (Å²) in [5.74, 6) is -0.746. The first-order chi connectivity index (χ1) is 4.13. The minimum Gasteiger partial charge on any atom is -0.395 e. The van der Waals surface area contributed by atoms with Gasteiger partial charge in [-0.25, -0.2) is 0 Å². The third kappa shape index (κ3) is 0.833. The first-order valence-corrected chi connectivity index (χ1v) is 2.72. The second kappa shape index (κ2) is 1.84. The van der Waals surface area contributed by atoms with Gasteiger partial charge in [0.05, 0.1) is 12.1 Å². The number of carbonyl (C=O) groups is 2. The summed E-state index contributed by atoms with van der Waals surface area (Å²) < 4.78 is 0. The zero-order valence-corrected chi connectivity index (χ0v) is 5.23. The quantitative estimate of drug-likeness (QED) is 0.486. The lowest BCUT2D eigenvalue weighted by molar-refractivity contribution is -0.120. The van der Waals surface area contributed by atoms with Gasteiger partial charge in [0.2, 0.25) is 0 Å². The van der Waals surface area contributed by atoms with Gasteiger partial charge < -0.3 is 5.73 Å². The molecule has 0 aliphatic heterocycles. The fourth-order valence-electron chi connectivity index (χ4n) is 0.591. The highest BCUT2D eigenvalue weighted by molar-refractivity contribution is 6.48. The Hall–Kier alpha value is -0.830. The van der Waals surface area contributed by atoms with Crippen LogP contribution >= 0.6 is 11.6 Å². The molecule has 3 nitrogen and oxygen atoms in total. The molecule has 0 heterocycles. The summed E-state index contributed by atoms with van der Waals surface area (Å²) >= 11 is 5.29. The number of rotatable bonds is 0. The predicted octanol–water partition coefficient (Wildman–Crippen LogP) is -0.0626. The van der Waals surface area contributed by atoms with Crippen LogP contribution in [-0.4, -0.2) is 11.6 Å². The maximum Gasteiger partial charge on any atom is 0.187 e. The molecule has 0 amide bonds. The van der Waals surface area contributed by atoms with Crippen LogP contribution in [0.25, 0.3) is 0 Å². The van der Waals surface area contributed by atoms with E-state index in [0.717, 1.165) is 0 Å². The van der Waals surface area contributed by atoms with Crippen molar-refractivity contribution < 1.29 is 9.59 Å². The van der Waals surface area contributed by atoms with Gasteiger partial charge in [0.1, 0.15) is 5.03 Å². The minimum atomic E-state index is -0.376. The SMILES string of the molecule is NC1=C(Cl)C(=O)CC1=O. The van der Waals surface area contributed by atoms with Crippen molar-refractivity contribution in [1.29, 1.82) is 0 Å². The number of halogens is 1. The van der Waals surface area contributed by atoms with Crippen LogP contribution in [0.5, 0.6) is 0 Å². The van der Waals surface area contributed by atoms with Crippen molar-refractivity contribution in [2.45, 2.75) is 6.42 Å². The van der Waals surface area contributed by atoms with E-state index in [0.29, 0.717) is 0 Å². The molecule has 48 valence electrons. The average molecular weight is 146 g/mol. The monoisotopic (exact) mass is 145 g/mol. The van der Waals surface area contributed by atoms with Crippen molar-refractivity contribution >= 4 is 23.2 Å². The smallest absolute Gasteiger partial charge is 0.187 e. The van der Waals surface area contributed by atoms with Crippen LogP contribution in [0.4, 0.5) is 0 Å². The van der Waals surface area contributed by atoms with Crippen molar-refractivity contribution in [3.05, 3.63) is 10.7 Å². The van der Waals surface area contributed by atoms with Crippen molar-refractivity contribution in [1.82, 2.24) is 0 Å². The summed E-state index contributed by atoms with van der Waals surface area (Å²) in [7, 11) is 0. The summed E-state index contributed by atoms with van der Waals surface area (Å²) in [6, 6.07) is 0. The summed E-state index contributed by atoms with van der Waals surface area (Å²) in [6.45, 7) is 0. The van der Waals surface area contributed by atoms with Crippen molar-refractivity contribution in [2.24, 2.45) is 5.73 Å². The summed E-state index contributed by atoms with van der Waals surface area (Å²) in [5.41, 5.74) is 4.99. The topological polar surface area (TPSA) is 60.2 Å². The fraction of sp³-hybridized carbons (Fsp3) is 0.200. The van der Waals surface area contributed by atoms with Gasteiger partial charge >= 0.3 is 0 Å². The van der Waals surface area contributed by atoms with Gasteiger partial charge in [0.25, 0.3) is 0 Å². The number of hydrogen-bond donors (Lipinski definition) is 1. The van der Waals surface area contributed by atoms with Crippen LogP contribution in [0.1, 0.15) is 6.42 Å². The van der Waals surface area contributed by atoms with Crippen LogP contribution in [0, 0.1) is 0 Å². The van der Waals surface area contributed by atoms with Gasteiger partial charge in [0.15, 0.2) is 11.6 Å². The van der Waals surface area contributed by atoms with E-state index < -0.39 is 0 Å². The van der Waals surface area contributed by atoms with E-state index in [2.05, 4.69) is 0 Å². The summed E-state index contributed by atoms with van der Waals surface area (Å²) in [4.78, 5) is 21.0. The molecule has 0 saturated carbocycles. The van der Waals surface area contributed by atoms with E-state index in [1.54, 1.807) is 0 Å². The third-order valence-corrected chi connectivity index (χ3v) is 1.52. The Bertz CT molecular complexity index is 197. The largest absolute Gasteiger partial charge is 0.395 e. The standard InChI is InChI=1S/C5H4ClNO2/c6-4-2(8)1-3(9)5(4)7/h1,7H2. The maximum atomic E-state index is 10.5. The molecule has 0 spiro atoms. The lowest BCUT2D eigenvalue weighted by Gasteiger charge is -1.83. The molecule has 1 aliphatic carbocycles. The molecule has 0 saturated heterocycles. The van der Waals surface area contributed by atoms with Gasteiger partial charge in [-0.05, 0) is 0 Å². The highest BCUT2D eigenvalue weighted by atomic mass is 35.5. The Labute approximate surface area is 56.5 Å². The van der Waals surface area contributed by atoms with E-state index in [1.165, 1.54) is 0 Å². The summed E-state index contributed by atoms with van der Waals surface area (Å²) in [6.07, 6.45) is -0.162. The van der Waals surface area contributed by atoms with E-state index in [-0.39, 0.29) is 28.7 Å². The molecule has 0 bridgehead atoms. The molecule has 0 atom stereocenters. The number of hydrogen-bond acceptors (Lipinski definition) is 3. The third-order valence-electron chi connectivity index (χ3n) is 1.10. The zero-order chi connectivity index (χ0) is 7.02. The Morgan fingerprint density at radius 3 is 2.00 bits per heavy atom. The molecule has 0 fully saturated rings. The number of Topliss-reactive ketones (excluding diaryl/α,β-unsaturated/α-hetero) is 2. The van der Waals surface area contributed by atoms with Crippen molar-refractivity contribution in [3.63, 3.8) is 0 Å². The second-order valence-electron chi connectivity index (χ2n) is 1.75. The van der Waals surface area contributed by atoms with Gasteiger partial charge in [-0.3, -0.25) is 9.59 Å². The minimum absolute atomic E-state index is 0.0957. The van der Waals surface area contributed by atoms with Crippen molar-refractivity contribution in [3.8, 4) is 0 Å². The molecule has 0 unspecified atom stereocenters. The van der Waals surface area contributed by atoms with Crippen molar-refractivity contribution in [2.75, 3.05) is 0 Å². The van der Waals surface area contributed by atoms with Crippen LogP contribution in [-0.2, 0) is 9.59 Å². The Kier molecular flexibility index (Phi) is 1.29. The number of allylic oxidation sites excluding steroid dienone is 2. The first-order valence-electron chi connectivity index (χ1n) is 2.34. The molecular weight excluding hydrogens is 142 g/mol. The Balaban J connectivity index is 3.06. The zero-order valence-electron chi connectivity index (χ0n) is 4.48. The molecule has 4 heteroatoms. The molecule has 0 radical (unpaired) electrons. The van der Waals surface area contributed by atoms with Gasteiger partial charge in [-0.2, -0.15) is 0 Å². The molecule has 2 N–H and O–H groups in total. The molecule has 1 rings (SSSR count). The molecule has 0 aromatic carbocycles. The van der Waals surface area contributed by atoms with Gasteiger partial charge in [0, 0.05) is 0 Å². The lowest BCUT2D eigenvalue weighted by Crippen LogP contribution is -2.05. The van der Waals surface area contributed by atoms with Crippen LogP contribution in [0.2, 0.25) is 0 Å². The highest BCUT2D eigenvalue weighted by Crippen LogP contribution is 2.18. The van der Waals surface area contributed by atoms with E-state index in [4.69, 9.17) is 17.3 Å². The van der Waals surface area contributed by atoms with E-state index in [9.17, 15) is 9.59 Å². The molecular formula is C5H4ClNO2. The number of nitrogens with two attached hydrogens (primary N) is 1. The summed E-state index contributed by atoms with van der Waals surface area (Å²) in [5, 5.41) is -0.111. The van der Waals surface area contributed by atoms with E-state index >= 15 is 0 Å². The maximum absolute atomic E-state index is 10.5. The number of ketones is 2. The van der Waals surface area contributed by atoms with Gasteiger partial charge in [-0.1, -0.05) is 11.6 Å². The fourth-order valence-corrected chi connectivity index (χ4v) is 0.763. The van der Waals surface area contributed by atoms with Crippen LogP contribution in [0.3, 0.4) is 0 Å². The Morgan fingerprint density at radius 1 is 1.33 bits per heavy atom. The lowest BCUT2D eigenvalue weighted by atomic mass is 10.3. The van der Waals surface area contributed by atoms with E-state index in [1.807, 2.05) is 0 Å². The second-order valence-corrected chi connectivity index (χ2v) is 2.13. The normalized spacial score (nSPS) is 19.7. The molecule has 1 aliphatic rings. The molecule has 0 aromatic heterocycles. The highest BCUT2D eigenvalue weighted by Gasteiger charge is 2.26. The van der Waals surface area contributed by atoms with Gasteiger partial charge in [-0.15, -0.1) is 0 Å².